The van der Waals surface area contributed by atoms with Gasteiger partial charge in [-0.25, -0.2) is 12.8 Å². The Bertz CT molecular complexity index is 1510. The summed E-state index contributed by atoms with van der Waals surface area (Å²) in [6.07, 6.45) is 3.95. The summed E-state index contributed by atoms with van der Waals surface area (Å²) < 4.78 is 48.7. The number of halogens is 1. The lowest BCUT2D eigenvalue weighted by molar-refractivity contribution is 0.0964. The molecule has 0 atom stereocenters. The second-order valence-electron chi connectivity index (χ2n) is 9.19. The van der Waals surface area contributed by atoms with Crippen LogP contribution in [0.5, 0.6) is 0 Å². The summed E-state index contributed by atoms with van der Waals surface area (Å²) >= 11 is 0. The van der Waals surface area contributed by atoms with Gasteiger partial charge >= 0.3 is 0 Å². The van der Waals surface area contributed by atoms with Crippen LogP contribution in [0.3, 0.4) is 0 Å². The third-order valence-corrected chi connectivity index (χ3v) is 8.11. The zero-order valence-corrected chi connectivity index (χ0v) is 20.7. The first-order chi connectivity index (χ1) is 17.3. The molecule has 8 heteroatoms. The molecule has 1 aromatic heterocycles. The number of rotatable bonds is 7. The second-order valence-corrected chi connectivity index (χ2v) is 11.0. The van der Waals surface area contributed by atoms with Crippen LogP contribution >= 0.6 is 0 Å². The quantitative estimate of drug-likeness (QED) is 0.312. The van der Waals surface area contributed by atoms with Crippen molar-refractivity contribution < 1.29 is 22.0 Å². The lowest BCUT2D eigenvalue weighted by atomic mass is 9.99. The fourth-order valence-corrected chi connectivity index (χ4v) is 6.48. The summed E-state index contributed by atoms with van der Waals surface area (Å²) in [6, 6.07) is 18.5. The normalized spacial score (nSPS) is 14.3. The van der Waals surface area contributed by atoms with Gasteiger partial charge in [-0.15, -0.1) is 0 Å². The number of sulfonamides is 1. The first-order valence-electron chi connectivity index (χ1n) is 12.0. The maximum Gasteiger partial charge on any atom is 0.255 e. The van der Waals surface area contributed by atoms with Crippen LogP contribution in [0.15, 0.2) is 71.1 Å². The predicted octanol–water partition coefficient (Wildman–Crippen LogP) is 6.20. The van der Waals surface area contributed by atoms with Crippen molar-refractivity contribution >= 4 is 32.6 Å². The second kappa shape index (κ2) is 9.78. The number of carbonyl (C=O) groups excluding carboxylic acids is 1. The van der Waals surface area contributed by atoms with Gasteiger partial charge in [-0.2, -0.15) is 0 Å². The van der Waals surface area contributed by atoms with E-state index in [4.69, 9.17) is 4.42 Å². The van der Waals surface area contributed by atoms with Gasteiger partial charge in [0.1, 0.15) is 17.2 Å². The van der Waals surface area contributed by atoms with Gasteiger partial charge in [0, 0.05) is 29.6 Å². The number of amides is 1. The summed E-state index contributed by atoms with van der Waals surface area (Å²) in [6.45, 7) is 0. The Morgan fingerprint density at radius 2 is 1.69 bits per heavy atom. The number of anilines is 1. The summed E-state index contributed by atoms with van der Waals surface area (Å²) in [5, 5.41) is 3.18. The SMILES string of the molecule is CNC(=O)c1c(-c2ccc(F)cc2)oc2cc(NS(=O)(=O)CC3CCCC3)c(-c3ccccc3)cc12. The predicted molar refractivity (Wildman–Crippen MR) is 140 cm³/mol. The van der Waals surface area contributed by atoms with Gasteiger partial charge in [-0.3, -0.25) is 9.52 Å². The Labute approximate surface area is 209 Å². The molecular weight excluding hydrogens is 479 g/mol. The van der Waals surface area contributed by atoms with Gasteiger partial charge in [-0.05, 0) is 54.7 Å². The highest BCUT2D eigenvalue weighted by Crippen LogP contribution is 2.40. The van der Waals surface area contributed by atoms with Crippen LogP contribution in [0.2, 0.25) is 0 Å². The van der Waals surface area contributed by atoms with Crippen LogP contribution < -0.4 is 10.0 Å². The van der Waals surface area contributed by atoms with E-state index in [1.165, 1.54) is 19.2 Å². The van der Waals surface area contributed by atoms with Crippen molar-refractivity contribution in [2.45, 2.75) is 25.7 Å². The van der Waals surface area contributed by atoms with E-state index < -0.39 is 15.8 Å². The molecule has 0 aliphatic heterocycles. The molecule has 5 rings (SSSR count). The largest absolute Gasteiger partial charge is 0.455 e. The third-order valence-electron chi connectivity index (χ3n) is 6.67. The standard InChI is InChI=1S/C28H27FN2O4S/c1-30-28(32)26-23-15-22(19-9-3-2-4-10-19)24(31-36(33,34)17-18-7-5-6-8-18)16-25(23)35-27(26)20-11-13-21(29)14-12-20/h2-4,9-16,18,31H,5-8,17H2,1H3,(H,30,32). The fourth-order valence-electron chi connectivity index (χ4n) is 4.94. The minimum atomic E-state index is -3.61. The van der Waals surface area contributed by atoms with E-state index in [-0.39, 0.29) is 23.3 Å². The number of nitrogens with one attached hydrogen (secondary N) is 2. The lowest BCUT2D eigenvalue weighted by Crippen LogP contribution is -2.21. The van der Waals surface area contributed by atoms with Crippen molar-refractivity contribution in [3.8, 4) is 22.5 Å². The van der Waals surface area contributed by atoms with Crippen LogP contribution in [0, 0.1) is 11.7 Å². The third kappa shape index (κ3) is 4.86. The molecule has 2 N–H and O–H groups in total. The van der Waals surface area contributed by atoms with Crippen molar-refractivity contribution in [3.05, 3.63) is 78.1 Å². The minimum absolute atomic E-state index is 0.0712. The average molecular weight is 507 g/mol. The molecule has 1 heterocycles. The molecule has 186 valence electrons. The molecule has 0 radical (unpaired) electrons. The van der Waals surface area contributed by atoms with E-state index in [9.17, 15) is 17.6 Å². The molecule has 3 aromatic carbocycles. The van der Waals surface area contributed by atoms with E-state index in [1.807, 2.05) is 30.3 Å². The topological polar surface area (TPSA) is 88.4 Å². The molecule has 4 aromatic rings. The molecule has 1 saturated carbocycles. The Balaban J connectivity index is 1.68. The molecule has 1 fully saturated rings. The number of fused-ring (bicyclic) bond motifs is 1. The maximum absolute atomic E-state index is 13.6. The van der Waals surface area contributed by atoms with Crippen molar-refractivity contribution in [1.82, 2.24) is 5.32 Å². The Morgan fingerprint density at radius 1 is 1.00 bits per heavy atom. The minimum Gasteiger partial charge on any atom is -0.455 e. The number of hydrogen-bond acceptors (Lipinski definition) is 4. The molecule has 1 aliphatic rings. The lowest BCUT2D eigenvalue weighted by Gasteiger charge is -2.15. The van der Waals surface area contributed by atoms with Gasteiger partial charge in [0.25, 0.3) is 5.91 Å². The molecule has 0 spiro atoms. The highest BCUT2D eigenvalue weighted by molar-refractivity contribution is 7.92. The number of furan rings is 1. The Hall–Kier alpha value is -3.65. The van der Waals surface area contributed by atoms with Crippen LogP contribution in [0.25, 0.3) is 33.4 Å². The Kier molecular flexibility index (Phi) is 6.53. The van der Waals surface area contributed by atoms with Gasteiger partial charge < -0.3 is 9.73 Å². The first-order valence-corrected chi connectivity index (χ1v) is 13.6. The van der Waals surface area contributed by atoms with Crippen LogP contribution in [-0.4, -0.2) is 27.1 Å². The molecule has 1 aliphatic carbocycles. The summed E-state index contributed by atoms with van der Waals surface area (Å²) in [5.74, 6) is -0.250. The molecule has 0 unspecified atom stereocenters. The van der Waals surface area contributed by atoms with Crippen molar-refractivity contribution in [3.63, 3.8) is 0 Å². The van der Waals surface area contributed by atoms with E-state index in [0.29, 0.717) is 33.3 Å². The number of hydrogen-bond donors (Lipinski definition) is 2. The monoisotopic (exact) mass is 506 g/mol. The molecule has 1 amide bonds. The van der Waals surface area contributed by atoms with E-state index in [1.54, 1.807) is 24.3 Å². The van der Waals surface area contributed by atoms with Gasteiger partial charge in [0.2, 0.25) is 10.0 Å². The van der Waals surface area contributed by atoms with Crippen molar-refractivity contribution in [1.29, 1.82) is 0 Å². The highest BCUT2D eigenvalue weighted by Gasteiger charge is 2.26. The molecule has 0 saturated heterocycles. The summed E-state index contributed by atoms with van der Waals surface area (Å²) in [5.41, 5.74) is 3.01. The molecule has 36 heavy (non-hydrogen) atoms. The smallest absolute Gasteiger partial charge is 0.255 e. The summed E-state index contributed by atoms with van der Waals surface area (Å²) in [4.78, 5) is 12.9. The zero-order chi connectivity index (χ0) is 25.3. The number of benzene rings is 3. The maximum atomic E-state index is 13.6. The molecular formula is C28H27FN2O4S. The number of carbonyl (C=O) groups is 1. The van der Waals surface area contributed by atoms with Crippen LogP contribution in [0.1, 0.15) is 36.0 Å². The Morgan fingerprint density at radius 3 is 2.36 bits per heavy atom. The van der Waals surface area contributed by atoms with Gasteiger partial charge in [-0.1, -0.05) is 43.2 Å². The van der Waals surface area contributed by atoms with Crippen LogP contribution in [0.4, 0.5) is 10.1 Å². The highest BCUT2D eigenvalue weighted by atomic mass is 32.2. The fraction of sp³-hybridized carbons (Fsp3) is 0.250. The van der Waals surface area contributed by atoms with Gasteiger partial charge in [0.15, 0.2) is 0 Å². The first kappa shape index (κ1) is 24.1. The summed E-state index contributed by atoms with van der Waals surface area (Å²) in [7, 11) is -2.08. The van der Waals surface area contributed by atoms with Crippen molar-refractivity contribution in [2.75, 3.05) is 17.5 Å². The zero-order valence-electron chi connectivity index (χ0n) is 19.9. The van der Waals surface area contributed by atoms with E-state index >= 15 is 0 Å². The van der Waals surface area contributed by atoms with E-state index in [0.717, 1.165) is 31.2 Å². The molecule has 0 bridgehead atoms. The average Bonchev–Trinajstić information content (AvgIpc) is 3.50. The van der Waals surface area contributed by atoms with E-state index in [2.05, 4.69) is 10.0 Å². The molecule has 6 nitrogen and oxygen atoms in total. The van der Waals surface area contributed by atoms with Crippen LogP contribution in [-0.2, 0) is 10.0 Å². The van der Waals surface area contributed by atoms with Gasteiger partial charge in [0.05, 0.1) is 17.0 Å². The van der Waals surface area contributed by atoms with Crippen molar-refractivity contribution in [2.24, 2.45) is 5.92 Å².